The smallest absolute Gasteiger partial charge is 0.337 e. The molecule has 0 spiro atoms. The molecule has 0 unspecified atom stereocenters. The van der Waals surface area contributed by atoms with Gasteiger partial charge in [-0.2, -0.15) is 5.26 Å². The predicted octanol–water partition coefficient (Wildman–Crippen LogP) is 6.18. The summed E-state index contributed by atoms with van der Waals surface area (Å²) in [7, 11) is 1.28. The average Bonchev–Trinajstić information content (AvgIpc) is 2.88. The fraction of sp³-hybridized carbons (Fsp3) is 0.143. The molecule has 0 radical (unpaired) electrons. The molecule has 0 fully saturated rings. The first-order chi connectivity index (χ1) is 18.1. The monoisotopic (exact) mass is 639 g/mol. The number of carbonyl (C=O) groups is 3. The number of hydrogen-bond acceptors (Lipinski definition) is 6. The summed E-state index contributed by atoms with van der Waals surface area (Å²) in [4.78, 5) is 37.0. The Kier molecular flexibility index (Phi) is 9.82. The van der Waals surface area contributed by atoms with Crippen molar-refractivity contribution in [2.75, 3.05) is 24.4 Å². The number of carbonyl (C=O) groups excluding carboxylic acids is 3. The Hall–Kier alpha value is -3.94. The lowest BCUT2D eigenvalue weighted by molar-refractivity contribution is -0.118. The summed E-state index contributed by atoms with van der Waals surface area (Å²) in [5, 5.41) is 15.1. The van der Waals surface area contributed by atoms with Crippen LogP contribution in [0.1, 0.15) is 27.0 Å². The largest absolute Gasteiger partial charge is 0.482 e. The summed E-state index contributed by atoms with van der Waals surface area (Å²) in [5.41, 5.74) is 3.61. The van der Waals surface area contributed by atoms with Gasteiger partial charge in [-0.1, -0.05) is 33.6 Å². The summed E-state index contributed by atoms with van der Waals surface area (Å²) in [6.45, 7) is 3.58. The molecule has 3 aromatic rings. The molecule has 2 N–H and O–H groups in total. The molecule has 0 atom stereocenters. The molecule has 0 aliphatic carbocycles. The Morgan fingerprint density at radius 1 is 1.00 bits per heavy atom. The highest BCUT2D eigenvalue weighted by Crippen LogP contribution is 2.34. The molecule has 0 aliphatic heterocycles. The van der Waals surface area contributed by atoms with Crippen LogP contribution in [0, 0.1) is 25.2 Å². The number of benzene rings is 3. The zero-order valence-corrected chi connectivity index (χ0v) is 23.9. The summed E-state index contributed by atoms with van der Waals surface area (Å²) in [6.07, 6.45) is 1.37. The lowest BCUT2D eigenvalue weighted by Gasteiger charge is -2.14. The third kappa shape index (κ3) is 7.54. The van der Waals surface area contributed by atoms with Crippen molar-refractivity contribution in [2.24, 2.45) is 0 Å². The normalized spacial score (nSPS) is 10.8. The summed E-state index contributed by atoms with van der Waals surface area (Å²) in [6, 6.07) is 17.0. The quantitative estimate of drug-likeness (QED) is 0.173. The SMILES string of the molecule is COC(=O)c1ccc(NC(=O)/C(C#N)=C\c2cc(Br)cc(Br)c2OCC(=O)Nc2ccc(C)cc2C)cc1. The Morgan fingerprint density at radius 2 is 1.71 bits per heavy atom. The molecule has 8 nitrogen and oxygen atoms in total. The van der Waals surface area contributed by atoms with E-state index in [0.717, 1.165) is 11.1 Å². The minimum atomic E-state index is -0.659. The van der Waals surface area contributed by atoms with Gasteiger partial charge in [-0.25, -0.2) is 4.79 Å². The highest BCUT2D eigenvalue weighted by atomic mass is 79.9. The number of halogens is 2. The molecule has 38 heavy (non-hydrogen) atoms. The second kappa shape index (κ2) is 13.0. The van der Waals surface area contributed by atoms with Crippen LogP contribution in [0.15, 0.2) is 69.1 Å². The molecule has 3 rings (SSSR count). The first-order valence-corrected chi connectivity index (χ1v) is 12.8. The number of anilines is 2. The maximum Gasteiger partial charge on any atom is 0.337 e. The fourth-order valence-electron chi connectivity index (χ4n) is 3.43. The second-order valence-corrected chi connectivity index (χ2v) is 9.92. The van der Waals surface area contributed by atoms with Crippen LogP contribution in [0.2, 0.25) is 0 Å². The highest BCUT2D eigenvalue weighted by molar-refractivity contribution is 9.11. The van der Waals surface area contributed by atoms with Gasteiger partial charge in [-0.3, -0.25) is 9.59 Å². The Balaban J connectivity index is 1.78. The third-order valence-corrected chi connectivity index (χ3v) is 6.32. The van der Waals surface area contributed by atoms with Gasteiger partial charge >= 0.3 is 5.97 Å². The number of esters is 1. The van der Waals surface area contributed by atoms with E-state index in [0.29, 0.717) is 31.4 Å². The van der Waals surface area contributed by atoms with E-state index in [9.17, 15) is 19.6 Å². The highest BCUT2D eigenvalue weighted by Gasteiger charge is 2.16. The molecule has 0 bridgehead atoms. The molecular weight excluding hydrogens is 618 g/mol. The molecule has 3 aromatic carbocycles. The lowest BCUT2D eigenvalue weighted by Crippen LogP contribution is -2.21. The molecule has 2 amide bonds. The van der Waals surface area contributed by atoms with Crippen molar-refractivity contribution in [2.45, 2.75) is 13.8 Å². The van der Waals surface area contributed by atoms with Crippen molar-refractivity contribution in [1.29, 1.82) is 5.26 Å². The number of ether oxygens (including phenoxy) is 2. The molecule has 0 aliphatic rings. The second-order valence-electron chi connectivity index (χ2n) is 8.15. The van der Waals surface area contributed by atoms with Crippen LogP contribution in [0.25, 0.3) is 6.08 Å². The topological polar surface area (TPSA) is 118 Å². The standard InChI is InChI=1S/C28H23Br2N3O5/c1-16-4-9-24(17(2)10-16)33-25(34)15-38-26-19(12-21(29)13-23(26)30)11-20(14-31)27(35)32-22-7-5-18(6-8-22)28(36)37-3/h4-13H,15H2,1-3H3,(H,32,35)(H,33,34)/b20-11-. The number of nitrogens with zero attached hydrogens (tertiary/aromatic N) is 1. The van der Waals surface area contributed by atoms with Gasteiger partial charge in [0.05, 0.1) is 17.1 Å². The van der Waals surface area contributed by atoms with Crippen molar-refractivity contribution >= 4 is 67.1 Å². The van der Waals surface area contributed by atoms with Crippen LogP contribution in [-0.4, -0.2) is 31.5 Å². The first kappa shape index (κ1) is 28.6. The maximum atomic E-state index is 12.8. The number of rotatable bonds is 8. The summed E-state index contributed by atoms with van der Waals surface area (Å²) < 4.78 is 11.6. The van der Waals surface area contributed by atoms with Gasteiger partial charge in [0.15, 0.2) is 6.61 Å². The predicted molar refractivity (Wildman–Crippen MR) is 152 cm³/mol. The van der Waals surface area contributed by atoms with Crippen LogP contribution < -0.4 is 15.4 Å². The Labute approximate surface area is 236 Å². The summed E-state index contributed by atoms with van der Waals surface area (Å²) in [5.74, 6) is -1.24. The van der Waals surface area contributed by atoms with E-state index in [4.69, 9.17) is 4.74 Å². The third-order valence-electron chi connectivity index (χ3n) is 5.27. The van der Waals surface area contributed by atoms with Gasteiger partial charge in [0, 0.05) is 21.4 Å². The minimum absolute atomic E-state index is 0.198. The van der Waals surface area contributed by atoms with Gasteiger partial charge in [0.25, 0.3) is 11.8 Å². The fourth-order valence-corrected chi connectivity index (χ4v) is 4.80. The molecule has 10 heteroatoms. The van der Waals surface area contributed by atoms with Gasteiger partial charge < -0.3 is 20.1 Å². The molecular formula is C28H23Br2N3O5. The van der Waals surface area contributed by atoms with Crippen molar-refractivity contribution in [3.05, 3.63) is 91.4 Å². The van der Waals surface area contributed by atoms with E-state index in [1.54, 1.807) is 12.1 Å². The molecule has 0 heterocycles. The minimum Gasteiger partial charge on any atom is -0.482 e. The molecule has 0 saturated heterocycles. The van der Waals surface area contributed by atoms with Gasteiger partial charge in [0.2, 0.25) is 0 Å². The van der Waals surface area contributed by atoms with E-state index >= 15 is 0 Å². The zero-order chi connectivity index (χ0) is 27.8. The van der Waals surface area contributed by atoms with Crippen LogP contribution in [0.5, 0.6) is 5.75 Å². The van der Waals surface area contributed by atoms with E-state index in [2.05, 4.69) is 47.2 Å². The van der Waals surface area contributed by atoms with Gasteiger partial charge in [-0.15, -0.1) is 0 Å². The van der Waals surface area contributed by atoms with Gasteiger partial charge in [0.1, 0.15) is 17.4 Å². The van der Waals surface area contributed by atoms with E-state index < -0.39 is 11.9 Å². The van der Waals surface area contributed by atoms with E-state index in [1.165, 1.54) is 37.5 Å². The maximum absolute atomic E-state index is 12.8. The molecule has 0 saturated carbocycles. The van der Waals surface area contributed by atoms with E-state index in [-0.39, 0.29) is 23.8 Å². The van der Waals surface area contributed by atoms with Crippen LogP contribution in [0.3, 0.4) is 0 Å². The van der Waals surface area contributed by atoms with E-state index in [1.807, 2.05) is 38.1 Å². The lowest BCUT2D eigenvalue weighted by atomic mass is 10.1. The van der Waals surface area contributed by atoms with Crippen LogP contribution >= 0.6 is 31.9 Å². The average molecular weight is 641 g/mol. The van der Waals surface area contributed by atoms with Crippen molar-refractivity contribution in [3.8, 4) is 11.8 Å². The van der Waals surface area contributed by atoms with Crippen molar-refractivity contribution in [1.82, 2.24) is 0 Å². The number of methoxy groups -OCH3 is 1. The number of nitriles is 1. The number of nitrogens with one attached hydrogen (secondary N) is 2. The van der Waals surface area contributed by atoms with Crippen molar-refractivity contribution in [3.63, 3.8) is 0 Å². The Morgan fingerprint density at radius 3 is 2.34 bits per heavy atom. The number of aryl methyl sites for hydroxylation is 2. The van der Waals surface area contributed by atoms with Crippen LogP contribution in [0.4, 0.5) is 11.4 Å². The van der Waals surface area contributed by atoms with Gasteiger partial charge in [-0.05, 0) is 83.9 Å². The molecule has 194 valence electrons. The summed E-state index contributed by atoms with van der Waals surface area (Å²) >= 11 is 6.82. The van der Waals surface area contributed by atoms with Crippen LogP contribution in [-0.2, 0) is 14.3 Å². The number of hydrogen-bond donors (Lipinski definition) is 2. The van der Waals surface area contributed by atoms with Crippen molar-refractivity contribution < 1.29 is 23.9 Å². The molecule has 0 aromatic heterocycles. The zero-order valence-electron chi connectivity index (χ0n) is 20.7. The Bertz CT molecular complexity index is 1460. The number of amides is 2. The first-order valence-electron chi connectivity index (χ1n) is 11.2.